The number of pyridine rings is 1. The standard InChI is InChI=1S/C13H22N4O2/c1-4-11-7-10(8-12(16-11)17-14)13(18)15-9(2)5-6-19-3/h7-9H,4-6,14H2,1-3H3,(H,15,18)(H,16,17). The Morgan fingerprint density at radius 1 is 1.53 bits per heavy atom. The Hall–Kier alpha value is -1.66. The maximum atomic E-state index is 12.1. The fraction of sp³-hybridized carbons (Fsp3) is 0.538. The number of hydrogen-bond donors (Lipinski definition) is 3. The number of aromatic nitrogens is 1. The molecule has 0 spiro atoms. The van der Waals surface area contributed by atoms with E-state index in [4.69, 9.17) is 10.6 Å². The van der Waals surface area contributed by atoms with Gasteiger partial charge in [0, 0.05) is 31.0 Å². The highest BCUT2D eigenvalue weighted by Crippen LogP contribution is 2.10. The van der Waals surface area contributed by atoms with Crippen LogP contribution in [0.1, 0.15) is 36.3 Å². The molecule has 1 heterocycles. The summed E-state index contributed by atoms with van der Waals surface area (Å²) in [7, 11) is 1.64. The second-order valence-electron chi connectivity index (χ2n) is 4.39. The first kappa shape index (κ1) is 15.4. The van der Waals surface area contributed by atoms with E-state index in [0.717, 1.165) is 18.5 Å². The van der Waals surface area contributed by atoms with Crippen LogP contribution in [0.3, 0.4) is 0 Å². The average Bonchev–Trinajstić information content (AvgIpc) is 2.44. The predicted octanol–water partition coefficient (Wildman–Crippen LogP) is 1.08. The minimum absolute atomic E-state index is 0.0555. The van der Waals surface area contributed by atoms with Crippen LogP contribution in [0.4, 0.5) is 5.82 Å². The quantitative estimate of drug-likeness (QED) is 0.507. The molecule has 1 aromatic heterocycles. The molecule has 0 saturated heterocycles. The van der Waals surface area contributed by atoms with Gasteiger partial charge in [0.05, 0.1) is 0 Å². The number of aryl methyl sites for hydroxylation is 1. The minimum Gasteiger partial charge on any atom is -0.385 e. The van der Waals surface area contributed by atoms with Gasteiger partial charge < -0.3 is 15.5 Å². The lowest BCUT2D eigenvalue weighted by Gasteiger charge is -2.14. The number of nitrogen functional groups attached to an aromatic ring is 1. The lowest BCUT2D eigenvalue weighted by atomic mass is 10.1. The normalized spacial score (nSPS) is 12.0. The summed E-state index contributed by atoms with van der Waals surface area (Å²) in [5.41, 5.74) is 3.86. The van der Waals surface area contributed by atoms with Crippen LogP contribution in [0.5, 0.6) is 0 Å². The Balaban J connectivity index is 2.75. The second-order valence-corrected chi connectivity index (χ2v) is 4.39. The van der Waals surface area contributed by atoms with E-state index < -0.39 is 0 Å². The number of nitrogens with one attached hydrogen (secondary N) is 2. The van der Waals surface area contributed by atoms with Gasteiger partial charge in [-0.15, -0.1) is 0 Å². The molecule has 106 valence electrons. The van der Waals surface area contributed by atoms with Gasteiger partial charge in [-0.05, 0) is 31.9 Å². The monoisotopic (exact) mass is 266 g/mol. The summed E-state index contributed by atoms with van der Waals surface area (Å²) < 4.78 is 4.98. The van der Waals surface area contributed by atoms with E-state index in [0.29, 0.717) is 18.0 Å². The van der Waals surface area contributed by atoms with E-state index in [1.807, 2.05) is 13.8 Å². The lowest BCUT2D eigenvalue weighted by molar-refractivity contribution is 0.0929. The van der Waals surface area contributed by atoms with Crippen molar-refractivity contribution in [2.45, 2.75) is 32.7 Å². The van der Waals surface area contributed by atoms with Crippen molar-refractivity contribution in [1.29, 1.82) is 0 Å². The van der Waals surface area contributed by atoms with Gasteiger partial charge in [-0.1, -0.05) is 6.92 Å². The molecular weight excluding hydrogens is 244 g/mol. The number of amides is 1. The molecule has 1 unspecified atom stereocenters. The van der Waals surface area contributed by atoms with E-state index in [2.05, 4.69) is 15.7 Å². The van der Waals surface area contributed by atoms with Crippen LogP contribution < -0.4 is 16.6 Å². The molecule has 0 aliphatic heterocycles. The molecule has 0 fully saturated rings. The van der Waals surface area contributed by atoms with Crippen molar-refractivity contribution in [3.8, 4) is 0 Å². The largest absolute Gasteiger partial charge is 0.385 e. The molecule has 1 amide bonds. The molecule has 0 aliphatic carbocycles. The summed E-state index contributed by atoms with van der Waals surface area (Å²) in [6.45, 7) is 4.54. The second kappa shape index (κ2) is 7.70. The Morgan fingerprint density at radius 3 is 2.84 bits per heavy atom. The summed E-state index contributed by atoms with van der Waals surface area (Å²) in [5, 5.41) is 2.92. The molecule has 1 aromatic rings. The molecule has 0 saturated carbocycles. The van der Waals surface area contributed by atoms with Crippen LogP contribution in [-0.2, 0) is 11.2 Å². The molecule has 6 heteroatoms. The molecular formula is C13H22N4O2. The van der Waals surface area contributed by atoms with Crippen molar-refractivity contribution < 1.29 is 9.53 Å². The Labute approximate surface area is 113 Å². The summed E-state index contributed by atoms with van der Waals surface area (Å²) in [6, 6.07) is 3.47. The van der Waals surface area contributed by atoms with Crippen molar-refractivity contribution in [3.63, 3.8) is 0 Å². The number of hydrogen-bond acceptors (Lipinski definition) is 5. The molecule has 6 nitrogen and oxygen atoms in total. The van der Waals surface area contributed by atoms with Crippen LogP contribution >= 0.6 is 0 Å². The number of carbonyl (C=O) groups is 1. The molecule has 1 atom stereocenters. The maximum absolute atomic E-state index is 12.1. The first-order valence-corrected chi connectivity index (χ1v) is 6.38. The van der Waals surface area contributed by atoms with Gasteiger partial charge in [0.1, 0.15) is 5.82 Å². The zero-order chi connectivity index (χ0) is 14.3. The van der Waals surface area contributed by atoms with E-state index in [1.54, 1.807) is 19.2 Å². The van der Waals surface area contributed by atoms with E-state index in [1.165, 1.54) is 0 Å². The van der Waals surface area contributed by atoms with Crippen LogP contribution in [-0.4, -0.2) is 30.6 Å². The predicted molar refractivity (Wildman–Crippen MR) is 74.8 cm³/mol. The summed E-state index contributed by atoms with van der Waals surface area (Å²) in [6.07, 6.45) is 1.52. The van der Waals surface area contributed by atoms with Crippen LogP contribution in [0.15, 0.2) is 12.1 Å². The van der Waals surface area contributed by atoms with Crippen LogP contribution in [0.2, 0.25) is 0 Å². The molecule has 1 rings (SSSR count). The van der Waals surface area contributed by atoms with Gasteiger partial charge >= 0.3 is 0 Å². The van der Waals surface area contributed by atoms with Crippen LogP contribution in [0, 0.1) is 0 Å². The Bertz CT molecular complexity index is 401. The number of anilines is 1. The van der Waals surface area contributed by atoms with Crippen molar-refractivity contribution in [3.05, 3.63) is 23.4 Å². The van der Waals surface area contributed by atoms with E-state index in [-0.39, 0.29) is 11.9 Å². The Morgan fingerprint density at radius 2 is 2.26 bits per heavy atom. The highest BCUT2D eigenvalue weighted by molar-refractivity contribution is 5.95. The summed E-state index contributed by atoms with van der Waals surface area (Å²) in [4.78, 5) is 16.4. The van der Waals surface area contributed by atoms with Crippen molar-refractivity contribution in [2.24, 2.45) is 5.84 Å². The molecule has 0 aromatic carbocycles. The zero-order valence-electron chi connectivity index (χ0n) is 11.7. The van der Waals surface area contributed by atoms with Gasteiger partial charge in [0.2, 0.25) is 0 Å². The number of rotatable bonds is 7. The number of nitrogens with zero attached hydrogens (tertiary/aromatic N) is 1. The topological polar surface area (TPSA) is 89.3 Å². The van der Waals surface area contributed by atoms with Gasteiger partial charge in [0.15, 0.2) is 0 Å². The number of methoxy groups -OCH3 is 1. The third-order valence-corrected chi connectivity index (χ3v) is 2.78. The Kier molecular flexibility index (Phi) is 6.24. The first-order chi connectivity index (χ1) is 9.10. The number of ether oxygens (including phenoxy) is 1. The molecule has 4 N–H and O–H groups in total. The third kappa shape index (κ3) is 4.84. The lowest BCUT2D eigenvalue weighted by Crippen LogP contribution is -2.33. The summed E-state index contributed by atoms with van der Waals surface area (Å²) >= 11 is 0. The van der Waals surface area contributed by atoms with Gasteiger partial charge in [-0.25, -0.2) is 10.8 Å². The van der Waals surface area contributed by atoms with Crippen molar-refractivity contribution >= 4 is 11.7 Å². The molecule has 0 radical (unpaired) electrons. The van der Waals surface area contributed by atoms with Gasteiger partial charge in [0.25, 0.3) is 5.91 Å². The van der Waals surface area contributed by atoms with E-state index in [9.17, 15) is 4.79 Å². The molecule has 19 heavy (non-hydrogen) atoms. The highest BCUT2D eigenvalue weighted by atomic mass is 16.5. The average molecular weight is 266 g/mol. The zero-order valence-corrected chi connectivity index (χ0v) is 11.7. The fourth-order valence-corrected chi connectivity index (χ4v) is 1.65. The third-order valence-electron chi connectivity index (χ3n) is 2.78. The first-order valence-electron chi connectivity index (χ1n) is 6.38. The SMILES string of the molecule is CCc1cc(C(=O)NC(C)CCOC)cc(NN)n1. The van der Waals surface area contributed by atoms with E-state index >= 15 is 0 Å². The van der Waals surface area contributed by atoms with Gasteiger partial charge in [-0.3, -0.25) is 4.79 Å². The van der Waals surface area contributed by atoms with Crippen molar-refractivity contribution in [1.82, 2.24) is 10.3 Å². The maximum Gasteiger partial charge on any atom is 0.251 e. The molecule has 0 aliphatic rings. The van der Waals surface area contributed by atoms with Crippen LogP contribution in [0.25, 0.3) is 0 Å². The smallest absolute Gasteiger partial charge is 0.251 e. The number of hydrazine groups is 1. The fourth-order valence-electron chi connectivity index (χ4n) is 1.65. The van der Waals surface area contributed by atoms with Crippen molar-refractivity contribution in [2.75, 3.05) is 19.1 Å². The minimum atomic E-state index is -0.128. The number of nitrogens with two attached hydrogens (primary N) is 1. The number of carbonyl (C=O) groups excluding carboxylic acids is 1. The highest BCUT2D eigenvalue weighted by Gasteiger charge is 2.12. The summed E-state index contributed by atoms with van der Waals surface area (Å²) in [5.74, 6) is 5.72. The molecule has 0 bridgehead atoms. The van der Waals surface area contributed by atoms with Gasteiger partial charge in [-0.2, -0.15) is 0 Å².